The minimum atomic E-state index is -0.578. The molecule has 0 spiro atoms. The molecule has 1 rings (SSSR count). The van der Waals surface area contributed by atoms with Crippen LogP contribution in [0.1, 0.15) is 37.6 Å². The number of guanidine groups is 1. The first-order valence-electron chi connectivity index (χ1n) is 8.76. The van der Waals surface area contributed by atoms with E-state index in [1.54, 1.807) is 11.3 Å². The lowest BCUT2D eigenvalue weighted by molar-refractivity contribution is 0.0301. The van der Waals surface area contributed by atoms with Crippen molar-refractivity contribution in [3.63, 3.8) is 0 Å². The summed E-state index contributed by atoms with van der Waals surface area (Å²) in [5, 5.41) is 17.5. The minimum Gasteiger partial charge on any atom is -0.389 e. The number of hydrogen-bond donors (Lipinski definition) is 3. The van der Waals surface area contributed by atoms with Gasteiger partial charge in [0.15, 0.2) is 5.96 Å². The fourth-order valence-corrected chi connectivity index (χ4v) is 2.81. The molecule has 0 amide bonds. The van der Waals surface area contributed by atoms with Crippen molar-refractivity contribution in [2.24, 2.45) is 10.9 Å². The highest BCUT2D eigenvalue weighted by molar-refractivity contribution is 7.11. The fourth-order valence-electron chi connectivity index (χ4n) is 1.95. The van der Waals surface area contributed by atoms with Crippen LogP contribution in [0.5, 0.6) is 0 Å². The number of rotatable bonds is 11. The van der Waals surface area contributed by atoms with Crippen molar-refractivity contribution in [1.29, 1.82) is 0 Å². The number of nitrogens with one attached hydrogen (secondary N) is 2. The van der Waals surface area contributed by atoms with Gasteiger partial charge in [0.05, 0.1) is 24.3 Å². The normalized spacial score (nSPS) is 13.3. The van der Waals surface area contributed by atoms with E-state index in [0.29, 0.717) is 31.6 Å². The average Bonchev–Trinajstić information content (AvgIpc) is 3.00. The Kier molecular flexibility index (Phi) is 10.6. The fraction of sp³-hybridized carbons (Fsp3) is 0.765. The summed E-state index contributed by atoms with van der Waals surface area (Å²) in [5.74, 6) is 1.19. The molecule has 0 aliphatic rings. The molecule has 1 heterocycles. The Balaban J connectivity index is 2.33. The summed E-state index contributed by atoms with van der Waals surface area (Å²) < 4.78 is 5.43. The first-order valence-corrected chi connectivity index (χ1v) is 9.58. The van der Waals surface area contributed by atoms with Gasteiger partial charge in [0.2, 0.25) is 0 Å². The van der Waals surface area contributed by atoms with E-state index in [-0.39, 0.29) is 0 Å². The van der Waals surface area contributed by atoms with Crippen LogP contribution in [0.4, 0.5) is 0 Å². The molecular formula is C17H32N4O2S. The number of thiazole rings is 1. The Labute approximate surface area is 149 Å². The monoisotopic (exact) mass is 356 g/mol. The van der Waals surface area contributed by atoms with Crippen LogP contribution in [0.2, 0.25) is 0 Å². The zero-order valence-electron chi connectivity index (χ0n) is 15.3. The van der Waals surface area contributed by atoms with Crippen molar-refractivity contribution in [1.82, 2.24) is 15.6 Å². The lowest BCUT2D eigenvalue weighted by Gasteiger charge is -2.13. The van der Waals surface area contributed by atoms with Crippen molar-refractivity contribution in [3.05, 3.63) is 16.1 Å². The Morgan fingerprint density at radius 3 is 2.75 bits per heavy atom. The van der Waals surface area contributed by atoms with E-state index in [0.717, 1.165) is 30.9 Å². The largest absolute Gasteiger partial charge is 0.389 e. The molecule has 0 saturated heterocycles. The van der Waals surface area contributed by atoms with Gasteiger partial charge in [0.25, 0.3) is 0 Å². The Bertz CT molecular complexity index is 477. The third kappa shape index (κ3) is 9.20. The molecule has 0 aromatic carbocycles. The van der Waals surface area contributed by atoms with E-state index in [2.05, 4.69) is 41.4 Å². The predicted molar refractivity (Wildman–Crippen MR) is 101 cm³/mol. The van der Waals surface area contributed by atoms with E-state index in [1.165, 1.54) is 4.88 Å². The van der Waals surface area contributed by atoms with Gasteiger partial charge in [0.1, 0.15) is 0 Å². The molecule has 24 heavy (non-hydrogen) atoms. The minimum absolute atomic E-state index is 0.319. The topological polar surface area (TPSA) is 78.8 Å². The summed E-state index contributed by atoms with van der Waals surface area (Å²) in [4.78, 5) is 10.1. The van der Waals surface area contributed by atoms with Gasteiger partial charge in [-0.25, -0.2) is 4.98 Å². The number of hydrogen-bond acceptors (Lipinski definition) is 5. The van der Waals surface area contributed by atoms with E-state index < -0.39 is 6.10 Å². The summed E-state index contributed by atoms with van der Waals surface area (Å²) in [5.41, 5.74) is 0. The zero-order chi connectivity index (χ0) is 17.8. The van der Waals surface area contributed by atoms with Gasteiger partial charge in [-0.2, -0.15) is 0 Å². The molecule has 6 nitrogen and oxygen atoms in total. The second kappa shape index (κ2) is 12.2. The number of aliphatic hydroxyl groups excluding tert-OH is 1. The van der Waals surface area contributed by atoms with Crippen LogP contribution in [-0.4, -0.2) is 55.0 Å². The van der Waals surface area contributed by atoms with Gasteiger partial charge in [-0.05, 0) is 19.3 Å². The molecule has 0 aliphatic heterocycles. The van der Waals surface area contributed by atoms with E-state index in [1.807, 2.05) is 13.1 Å². The molecule has 1 aromatic heterocycles. The second-order valence-electron chi connectivity index (χ2n) is 6.06. The van der Waals surface area contributed by atoms with Crippen molar-refractivity contribution < 1.29 is 9.84 Å². The lowest BCUT2D eigenvalue weighted by Crippen LogP contribution is -2.39. The van der Waals surface area contributed by atoms with Crippen molar-refractivity contribution in [2.75, 3.05) is 32.8 Å². The average molecular weight is 357 g/mol. The summed E-state index contributed by atoms with van der Waals surface area (Å²) in [6.07, 6.45) is 3.28. The Morgan fingerprint density at radius 1 is 1.33 bits per heavy atom. The second-order valence-corrected chi connectivity index (χ2v) is 7.26. The molecule has 0 aliphatic carbocycles. The smallest absolute Gasteiger partial charge is 0.191 e. The summed E-state index contributed by atoms with van der Waals surface area (Å²) in [6, 6.07) is 0. The third-order valence-electron chi connectivity index (χ3n) is 3.15. The number of nitrogens with zero attached hydrogens (tertiary/aromatic N) is 2. The van der Waals surface area contributed by atoms with Crippen LogP contribution in [-0.2, 0) is 17.6 Å². The predicted octanol–water partition coefficient (Wildman–Crippen LogP) is 1.84. The van der Waals surface area contributed by atoms with E-state index in [9.17, 15) is 5.11 Å². The maximum Gasteiger partial charge on any atom is 0.191 e. The molecule has 0 radical (unpaired) electrons. The highest BCUT2D eigenvalue weighted by Gasteiger charge is 2.06. The highest BCUT2D eigenvalue weighted by Crippen LogP contribution is 2.13. The molecule has 1 unspecified atom stereocenters. The number of aliphatic imine (C=N–C) groups is 1. The number of aliphatic hydroxyl groups is 1. The van der Waals surface area contributed by atoms with Gasteiger partial charge in [-0.1, -0.05) is 20.8 Å². The van der Waals surface area contributed by atoms with Crippen molar-refractivity contribution in [2.45, 2.75) is 46.6 Å². The van der Waals surface area contributed by atoms with Gasteiger partial charge >= 0.3 is 0 Å². The highest BCUT2D eigenvalue weighted by atomic mass is 32.1. The molecule has 138 valence electrons. The lowest BCUT2D eigenvalue weighted by atomic mass is 10.2. The summed E-state index contributed by atoms with van der Waals surface area (Å²) >= 11 is 1.76. The van der Waals surface area contributed by atoms with Crippen LogP contribution < -0.4 is 10.6 Å². The number of ether oxygens (including phenoxy) is 1. The van der Waals surface area contributed by atoms with Crippen LogP contribution in [0, 0.1) is 5.92 Å². The molecule has 0 saturated carbocycles. The molecule has 1 aromatic rings. The summed E-state index contributed by atoms with van der Waals surface area (Å²) in [6.45, 7) is 11.2. The Morgan fingerprint density at radius 2 is 2.12 bits per heavy atom. The maximum atomic E-state index is 9.92. The SMILES string of the molecule is CCNC(=NCC(O)COCC(C)C)NCCc1ncc(CC)s1. The Hall–Kier alpha value is -1.18. The first kappa shape index (κ1) is 20.9. The van der Waals surface area contributed by atoms with E-state index >= 15 is 0 Å². The van der Waals surface area contributed by atoms with Crippen LogP contribution in [0.3, 0.4) is 0 Å². The van der Waals surface area contributed by atoms with Crippen LogP contribution in [0.15, 0.2) is 11.2 Å². The molecule has 1 atom stereocenters. The van der Waals surface area contributed by atoms with Crippen molar-refractivity contribution in [3.8, 4) is 0 Å². The third-order valence-corrected chi connectivity index (χ3v) is 4.35. The van der Waals surface area contributed by atoms with Crippen LogP contribution >= 0.6 is 11.3 Å². The van der Waals surface area contributed by atoms with Gasteiger partial charge in [-0.15, -0.1) is 11.3 Å². The molecule has 0 bridgehead atoms. The van der Waals surface area contributed by atoms with Gasteiger partial charge in [0, 0.05) is 37.2 Å². The standard InChI is InChI=1S/C17H32N4O2S/c1-5-15-10-20-16(24-15)7-8-19-17(18-6-2)21-9-14(22)12-23-11-13(3)4/h10,13-14,22H,5-9,11-12H2,1-4H3,(H2,18,19,21). The first-order chi connectivity index (χ1) is 11.5. The van der Waals surface area contributed by atoms with Crippen molar-refractivity contribution >= 4 is 17.3 Å². The molecule has 7 heteroatoms. The number of aromatic nitrogens is 1. The van der Waals surface area contributed by atoms with E-state index in [4.69, 9.17) is 4.74 Å². The maximum absolute atomic E-state index is 9.92. The molecule has 0 fully saturated rings. The van der Waals surface area contributed by atoms with Gasteiger partial charge < -0.3 is 20.5 Å². The molecular weight excluding hydrogens is 324 g/mol. The zero-order valence-corrected chi connectivity index (χ0v) is 16.2. The van der Waals surface area contributed by atoms with Crippen LogP contribution in [0.25, 0.3) is 0 Å². The number of aryl methyl sites for hydroxylation is 1. The van der Waals surface area contributed by atoms with Gasteiger partial charge in [-0.3, -0.25) is 4.99 Å². The summed E-state index contributed by atoms with van der Waals surface area (Å²) in [7, 11) is 0. The quantitative estimate of drug-likeness (QED) is 0.416. The molecule has 3 N–H and O–H groups in total.